The minimum atomic E-state index is -0.166. The Bertz CT molecular complexity index is 551. The number of aromatic nitrogens is 2. The zero-order valence-electron chi connectivity index (χ0n) is 10.8. The van der Waals surface area contributed by atoms with Gasteiger partial charge in [0, 0.05) is 29.0 Å². The molecule has 1 atom stereocenters. The summed E-state index contributed by atoms with van der Waals surface area (Å²) in [5.74, 6) is 0.896. The molecule has 0 bridgehead atoms. The molecule has 1 aromatic carbocycles. The lowest BCUT2D eigenvalue weighted by Gasteiger charge is -2.14. The van der Waals surface area contributed by atoms with Crippen LogP contribution in [0.5, 0.6) is 0 Å². The Balaban J connectivity index is 2.16. The molecule has 1 unspecified atom stereocenters. The van der Waals surface area contributed by atoms with Gasteiger partial charge < -0.3 is 10.3 Å². The van der Waals surface area contributed by atoms with E-state index in [0.717, 1.165) is 24.4 Å². The summed E-state index contributed by atoms with van der Waals surface area (Å²) in [6.07, 6.45) is 5.45. The summed E-state index contributed by atoms with van der Waals surface area (Å²) in [4.78, 5) is 4.35. The molecule has 1 heterocycles. The van der Waals surface area contributed by atoms with E-state index in [0.29, 0.717) is 16.5 Å². The standard InChI is InChI=1S/C14H17Cl2N3/c1-2-6-19-7-5-18-14(19)13(17)8-10-3-4-11(15)9-12(10)16/h3-5,7,9,13H,2,6,8,17H2,1H3. The van der Waals surface area contributed by atoms with Crippen molar-refractivity contribution in [2.75, 3.05) is 0 Å². The molecule has 19 heavy (non-hydrogen) atoms. The number of nitrogens with zero attached hydrogens (tertiary/aromatic N) is 2. The summed E-state index contributed by atoms with van der Waals surface area (Å²) >= 11 is 12.1. The first-order valence-corrected chi connectivity index (χ1v) is 7.08. The number of imidazole rings is 1. The topological polar surface area (TPSA) is 43.8 Å². The Morgan fingerprint density at radius 3 is 2.84 bits per heavy atom. The van der Waals surface area contributed by atoms with Gasteiger partial charge in [-0.3, -0.25) is 0 Å². The molecule has 0 spiro atoms. The maximum Gasteiger partial charge on any atom is 0.125 e. The molecule has 0 aliphatic rings. The van der Waals surface area contributed by atoms with Crippen molar-refractivity contribution in [3.63, 3.8) is 0 Å². The third-order valence-corrected chi connectivity index (χ3v) is 3.59. The smallest absolute Gasteiger partial charge is 0.125 e. The molecular formula is C14H17Cl2N3. The predicted octanol–water partition coefficient (Wildman–Crippen LogP) is 3.84. The average molecular weight is 298 g/mol. The van der Waals surface area contributed by atoms with E-state index in [9.17, 15) is 0 Å². The molecule has 0 radical (unpaired) electrons. The van der Waals surface area contributed by atoms with Crippen molar-refractivity contribution in [2.45, 2.75) is 32.4 Å². The minimum Gasteiger partial charge on any atom is -0.334 e. The largest absolute Gasteiger partial charge is 0.334 e. The van der Waals surface area contributed by atoms with Crippen molar-refractivity contribution in [3.8, 4) is 0 Å². The Labute approximate surface area is 123 Å². The minimum absolute atomic E-state index is 0.166. The monoisotopic (exact) mass is 297 g/mol. The molecule has 3 nitrogen and oxygen atoms in total. The van der Waals surface area contributed by atoms with Crippen LogP contribution in [0.3, 0.4) is 0 Å². The van der Waals surface area contributed by atoms with Crippen molar-refractivity contribution in [1.29, 1.82) is 0 Å². The average Bonchev–Trinajstić information content (AvgIpc) is 2.81. The summed E-state index contributed by atoms with van der Waals surface area (Å²) in [5.41, 5.74) is 7.22. The first-order valence-electron chi connectivity index (χ1n) is 6.32. The van der Waals surface area contributed by atoms with Crippen LogP contribution in [0, 0.1) is 0 Å². The highest BCUT2D eigenvalue weighted by molar-refractivity contribution is 6.35. The highest BCUT2D eigenvalue weighted by Crippen LogP contribution is 2.24. The maximum atomic E-state index is 6.23. The van der Waals surface area contributed by atoms with Gasteiger partial charge in [-0.15, -0.1) is 0 Å². The molecule has 2 N–H and O–H groups in total. The zero-order valence-corrected chi connectivity index (χ0v) is 12.3. The quantitative estimate of drug-likeness (QED) is 0.911. The Morgan fingerprint density at radius 1 is 1.37 bits per heavy atom. The number of hydrogen-bond acceptors (Lipinski definition) is 2. The van der Waals surface area contributed by atoms with Gasteiger partial charge >= 0.3 is 0 Å². The van der Waals surface area contributed by atoms with Crippen molar-refractivity contribution < 1.29 is 0 Å². The molecule has 0 amide bonds. The van der Waals surface area contributed by atoms with Gasteiger partial charge in [-0.1, -0.05) is 36.2 Å². The van der Waals surface area contributed by atoms with Gasteiger partial charge in [-0.25, -0.2) is 4.98 Å². The number of halogens is 2. The van der Waals surface area contributed by atoms with E-state index < -0.39 is 0 Å². The van der Waals surface area contributed by atoms with E-state index in [1.807, 2.05) is 18.3 Å². The lowest BCUT2D eigenvalue weighted by molar-refractivity contribution is 0.574. The van der Waals surface area contributed by atoms with Gasteiger partial charge in [-0.2, -0.15) is 0 Å². The first kappa shape index (κ1) is 14.4. The first-order chi connectivity index (χ1) is 9.11. The zero-order chi connectivity index (χ0) is 13.8. The molecule has 0 aliphatic heterocycles. The fourth-order valence-corrected chi connectivity index (χ4v) is 2.58. The van der Waals surface area contributed by atoms with E-state index in [2.05, 4.69) is 16.5 Å². The molecule has 0 fully saturated rings. The van der Waals surface area contributed by atoms with Crippen molar-refractivity contribution in [1.82, 2.24) is 9.55 Å². The summed E-state index contributed by atoms with van der Waals surface area (Å²) < 4.78 is 2.09. The molecule has 2 aromatic rings. The van der Waals surface area contributed by atoms with Crippen LogP contribution in [0.4, 0.5) is 0 Å². The fourth-order valence-electron chi connectivity index (χ4n) is 2.09. The summed E-state index contributed by atoms with van der Waals surface area (Å²) in [5, 5.41) is 1.28. The van der Waals surface area contributed by atoms with Gasteiger partial charge in [-0.05, 0) is 30.5 Å². The van der Waals surface area contributed by atoms with Crippen molar-refractivity contribution >= 4 is 23.2 Å². The number of aryl methyl sites for hydroxylation is 1. The van der Waals surface area contributed by atoms with Crippen molar-refractivity contribution in [3.05, 3.63) is 52.0 Å². The molecule has 0 saturated carbocycles. The third-order valence-electron chi connectivity index (χ3n) is 3.00. The van der Waals surface area contributed by atoms with E-state index >= 15 is 0 Å². The Morgan fingerprint density at radius 2 is 2.16 bits per heavy atom. The molecule has 1 aromatic heterocycles. The molecular weight excluding hydrogens is 281 g/mol. The highest BCUT2D eigenvalue weighted by atomic mass is 35.5. The molecule has 2 rings (SSSR count). The lowest BCUT2D eigenvalue weighted by Crippen LogP contribution is -2.19. The third kappa shape index (κ3) is 3.50. The van der Waals surface area contributed by atoms with Gasteiger partial charge in [0.05, 0.1) is 6.04 Å². The summed E-state index contributed by atoms with van der Waals surface area (Å²) in [6.45, 7) is 3.06. The van der Waals surface area contributed by atoms with Gasteiger partial charge in [0.15, 0.2) is 0 Å². The van der Waals surface area contributed by atoms with E-state index in [4.69, 9.17) is 28.9 Å². The van der Waals surface area contributed by atoms with E-state index in [1.165, 1.54) is 0 Å². The highest BCUT2D eigenvalue weighted by Gasteiger charge is 2.14. The van der Waals surface area contributed by atoms with Gasteiger partial charge in [0.25, 0.3) is 0 Å². The van der Waals surface area contributed by atoms with Crippen LogP contribution in [-0.4, -0.2) is 9.55 Å². The number of benzene rings is 1. The molecule has 0 saturated heterocycles. The Kier molecular flexibility index (Phi) is 4.86. The second kappa shape index (κ2) is 6.42. The van der Waals surface area contributed by atoms with E-state index in [-0.39, 0.29) is 6.04 Å². The van der Waals surface area contributed by atoms with Crippen LogP contribution in [0.1, 0.15) is 30.8 Å². The molecule has 0 aliphatic carbocycles. The van der Waals surface area contributed by atoms with Crippen LogP contribution < -0.4 is 5.73 Å². The Hall–Kier alpha value is -1.03. The van der Waals surface area contributed by atoms with Crippen molar-refractivity contribution in [2.24, 2.45) is 5.73 Å². The van der Waals surface area contributed by atoms with Crippen LogP contribution in [0.2, 0.25) is 10.0 Å². The van der Waals surface area contributed by atoms with E-state index in [1.54, 1.807) is 12.3 Å². The SMILES string of the molecule is CCCn1ccnc1C(N)Cc1ccc(Cl)cc1Cl. The second-order valence-corrected chi connectivity index (χ2v) is 5.37. The van der Waals surface area contributed by atoms with Gasteiger partial charge in [0.2, 0.25) is 0 Å². The van der Waals surface area contributed by atoms with Crippen LogP contribution in [-0.2, 0) is 13.0 Å². The fraction of sp³-hybridized carbons (Fsp3) is 0.357. The van der Waals surface area contributed by atoms with Crippen LogP contribution in [0.15, 0.2) is 30.6 Å². The molecule has 102 valence electrons. The normalized spacial score (nSPS) is 12.6. The molecule has 5 heteroatoms. The lowest BCUT2D eigenvalue weighted by atomic mass is 10.1. The van der Waals surface area contributed by atoms with Gasteiger partial charge in [0.1, 0.15) is 5.82 Å². The predicted molar refractivity (Wildman–Crippen MR) is 79.6 cm³/mol. The number of rotatable bonds is 5. The summed E-state index contributed by atoms with van der Waals surface area (Å²) in [7, 11) is 0. The number of nitrogens with two attached hydrogens (primary N) is 1. The second-order valence-electron chi connectivity index (χ2n) is 4.53. The maximum absolute atomic E-state index is 6.23. The van der Waals surface area contributed by atoms with Crippen LogP contribution >= 0.6 is 23.2 Å². The number of hydrogen-bond donors (Lipinski definition) is 1. The van der Waals surface area contributed by atoms with Crippen LogP contribution in [0.25, 0.3) is 0 Å². The summed E-state index contributed by atoms with van der Waals surface area (Å²) in [6, 6.07) is 5.32.